The van der Waals surface area contributed by atoms with Crippen molar-refractivity contribution in [1.82, 2.24) is 10.2 Å². The van der Waals surface area contributed by atoms with Gasteiger partial charge in [0.2, 0.25) is 5.91 Å². The summed E-state index contributed by atoms with van der Waals surface area (Å²) in [6.45, 7) is 2.23. The molecule has 1 heterocycles. The van der Waals surface area contributed by atoms with E-state index in [9.17, 15) is 18.8 Å². The molecule has 3 rings (SSSR count). The molecule has 29 heavy (non-hydrogen) atoms. The molecule has 0 spiro atoms. The third-order valence-corrected chi connectivity index (χ3v) is 6.03. The van der Waals surface area contributed by atoms with E-state index in [2.05, 4.69) is 5.32 Å². The van der Waals surface area contributed by atoms with Crippen molar-refractivity contribution in [2.24, 2.45) is 0 Å². The molecule has 150 valence electrons. The van der Waals surface area contributed by atoms with Crippen LogP contribution in [0.15, 0.2) is 58.3 Å². The van der Waals surface area contributed by atoms with Crippen molar-refractivity contribution in [2.75, 3.05) is 18.8 Å². The Morgan fingerprint density at radius 1 is 1.17 bits per heavy atom. The standard InChI is InChI=1S/C21H19FN2O3S2/c1-14-6-8-16(9-7-14)28-13-19(25)23-10-11-24-20(26)18(29-21(24)27)12-15-4-2-3-5-17(15)22/h2-9,12H,10-11,13H2,1H3,(H,23,25)/b18-12-. The lowest BCUT2D eigenvalue weighted by Crippen LogP contribution is -2.37. The Bertz CT molecular complexity index is 961. The Balaban J connectivity index is 1.48. The highest BCUT2D eigenvalue weighted by atomic mass is 32.2. The molecular formula is C21H19FN2O3S2. The number of benzene rings is 2. The number of rotatable bonds is 7. The molecule has 0 radical (unpaired) electrons. The Labute approximate surface area is 176 Å². The average Bonchev–Trinajstić information content (AvgIpc) is 2.96. The first kappa shape index (κ1) is 21.1. The lowest BCUT2D eigenvalue weighted by molar-refractivity contribution is -0.123. The molecule has 1 saturated heterocycles. The Morgan fingerprint density at radius 3 is 2.62 bits per heavy atom. The molecule has 3 amide bonds. The normalized spacial score (nSPS) is 15.2. The first-order chi connectivity index (χ1) is 13.9. The summed E-state index contributed by atoms with van der Waals surface area (Å²) >= 11 is 2.18. The molecular weight excluding hydrogens is 411 g/mol. The molecule has 0 unspecified atom stereocenters. The Hall–Kier alpha value is -2.58. The van der Waals surface area contributed by atoms with E-state index in [1.807, 2.05) is 31.2 Å². The number of nitrogens with one attached hydrogen (secondary N) is 1. The van der Waals surface area contributed by atoms with Gasteiger partial charge >= 0.3 is 0 Å². The van der Waals surface area contributed by atoms with Gasteiger partial charge in [0.25, 0.3) is 11.1 Å². The third kappa shape index (κ3) is 5.71. The largest absolute Gasteiger partial charge is 0.354 e. The highest BCUT2D eigenvalue weighted by Crippen LogP contribution is 2.32. The summed E-state index contributed by atoms with van der Waals surface area (Å²) in [4.78, 5) is 38.7. The number of hydrogen-bond acceptors (Lipinski definition) is 5. The van der Waals surface area contributed by atoms with E-state index in [0.29, 0.717) is 0 Å². The fourth-order valence-electron chi connectivity index (χ4n) is 2.57. The van der Waals surface area contributed by atoms with Crippen LogP contribution < -0.4 is 5.32 Å². The number of carbonyl (C=O) groups excluding carboxylic acids is 3. The molecule has 0 aromatic heterocycles. The molecule has 0 bridgehead atoms. The first-order valence-electron chi connectivity index (χ1n) is 8.90. The highest BCUT2D eigenvalue weighted by molar-refractivity contribution is 8.18. The van der Waals surface area contributed by atoms with E-state index in [4.69, 9.17) is 0 Å². The van der Waals surface area contributed by atoms with E-state index in [1.165, 1.54) is 30.0 Å². The lowest BCUT2D eigenvalue weighted by atomic mass is 10.2. The zero-order valence-electron chi connectivity index (χ0n) is 15.7. The monoisotopic (exact) mass is 430 g/mol. The molecule has 1 fully saturated rings. The van der Waals surface area contributed by atoms with Crippen LogP contribution in [-0.4, -0.2) is 40.8 Å². The van der Waals surface area contributed by atoms with Crippen LogP contribution in [0.4, 0.5) is 9.18 Å². The molecule has 0 atom stereocenters. The van der Waals surface area contributed by atoms with E-state index >= 15 is 0 Å². The maximum Gasteiger partial charge on any atom is 0.293 e. The van der Waals surface area contributed by atoms with Crippen LogP contribution in [0.2, 0.25) is 0 Å². The number of amides is 3. The van der Waals surface area contributed by atoms with Gasteiger partial charge in [-0.05, 0) is 43.0 Å². The summed E-state index contributed by atoms with van der Waals surface area (Å²) in [6.07, 6.45) is 1.37. The van der Waals surface area contributed by atoms with Crippen LogP contribution in [0.25, 0.3) is 6.08 Å². The van der Waals surface area contributed by atoms with E-state index in [-0.39, 0.29) is 35.2 Å². The molecule has 0 saturated carbocycles. The summed E-state index contributed by atoms with van der Waals surface area (Å²) in [6, 6.07) is 13.9. The number of nitrogens with zero attached hydrogens (tertiary/aromatic N) is 1. The van der Waals surface area contributed by atoms with E-state index < -0.39 is 17.0 Å². The van der Waals surface area contributed by atoms with Gasteiger partial charge in [0, 0.05) is 23.5 Å². The van der Waals surface area contributed by atoms with Gasteiger partial charge in [-0.25, -0.2) is 4.39 Å². The topological polar surface area (TPSA) is 66.5 Å². The molecule has 0 aliphatic carbocycles. The third-order valence-electron chi connectivity index (χ3n) is 4.11. The van der Waals surface area contributed by atoms with Gasteiger partial charge in [-0.2, -0.15) is 0 Å². The average molecular weight is 431 g/mol. The van der Waals surface area contributed by atoms with Gasteiger partial charge in [0.15, 0.2) is 0 Å². The zero-order chi connectivity index (χ0) is 20.8. The fourth-order valence-corrected chi connectivity index (χ4v) is 4.15. The number of hydrogen-bond donors (Lipinski definition) is 1. The molecule has 8 heteroatoms. The molecule has 1 aliphatic heterocycles. The predicted molar refractivity (Wildman–Crippen MR) is 114 cm³/mol. The highest BCUT2D eigenvalue weighted by Gasteiger charge is 2.34. The van der Waals surface area contributed by atoms with Crippen molar-refractivity contribution in [3.63, 3.8) is 0 Å². The van der Waals surface area contributed by atoms with Crippen LogP contribution in [0.5, 0.6) is 0 Å². The molecule has 2 aromatic carbocycles. The van der Waals surface area contributed by atoms with Crippen LogP contribution in [-0.2, 0) is 9.59 Å². The second-order valence-electron chi connectivity index (χ2n) is 6.31. The van der Waals surface area contributed by atoms with E-state index in [0.717, 1.165) is 27.1 Å². The van der Waals surface area contributed by atoms with Crippen LogP contribution in [0.3, 0.4) is 0 Å². The van der Waals surface area contributed by atoms with Gasteiger partial charge in [-0.1, -0.05) is 35.9 Å². The summed E-state index contributed by atoms with van der Waals surface area (Å²) in [7, 11) is 0. The second-order valence-corrected chi connectivity index (χ2v) is 8.35. The summed E-state index contributed by atoms with van der Waals surface area (Å²) < 4.78 is 13.8. The summed E-state index contributed by atoms with van der Waals surface area (Å²) in [5.41, 5.74) is 1.40. The van der Waals surface area contributed by atoms with Gasteiger partial charge in [0.05, 0.1) is 10.7 Å². The zero-order valence-corrected chi connectivity index (χ0v) is 17.3. The van der Waals surface area contributed by atoms with Crippen LogP contribution >= 0.6 is 23.5 Å². The van der Waals surface area contributed by atoms with Gasteiger partial charge in [-0.3, -0.25) is 19.3 Å². The Morgan fingerprint density at radius 2 is 1.90 bits per heavy atom. The number of imide groups is 1. The number of halogens is 1. The fraction of sp³-hybridized carbons (Fsp3) is 0.190. The summed E-state index contributed by atoms with van der Waals surface area (Å²) in [5, 5.41) is 2.28. The number of thioether (sulfide) groups is 2. The van der Waals surface area contributed by atoms with Crippen molar-refractivity contribution >= 4 is 46.7 Å². The van der Waals surface area contributed by atoms with Crippen LogP contribution in [0.1, 0.15) is 11.1 Å². The SMILES string of the molecule is Cc1ccc(SCC(=O)NCCN2C(=O)S/C(=C\c3ccccc3F)C2=O)cc1. The van der Waals surface area contributed by atoms with Crippen LogP contribution in [0, 0.1) is 12.7 Å². The minimum absolute atomic E-state index is 0.0697. The van der Waals surface area contributed by atoms with Crippen molar-refractivity contribution in [2.45, 2.75) is 11.8 Å². The van der Waals surface area contributed by atoms with Gasteiger partial charge in [0.1, 0.15) is 5.82 Å². The predicted octanol–water partition coefficient (Wildman–Crippen LogP) is 4.08. The van der Waals surface area contributed by atoms with Crippen molar-refractivity contribution in [1.29, 1.82) is 0 Å². The molecule has 2 aromatic rings. The molecule has 1 N–H and O–H groups in total. The Kier molecular flexibility index (Phi) is 7.11. The number of carbonyl (C=O) groups is 3. The van der Waals surface area contributed by atoms with E-state index in [1.54, 1.807) is 12.1 Å². The van der Waals surface area contributed by atoms with Crippen molar-refractivity contribution in [3.05, 3.63) is 70.4 Å². The lowest BCUT2D eigenvalue weighted by Gasteiger charge is -2.13. The van der Waals surface area contributed by atoms with Gasteiger partial charge < -0.3 is 5.32 Å². The maximum atomic E-state index is 13.8. The smallest absolute Gasteiger partial charge is 0.293 e. The maximum absolute atomic E-state index is 13.8. The minimum Gasteiger partial charge on any atom is -0.354 e. The minimum atomic E-state index is -0.480. The van der Waals surface area contributed by atoms with Crippen molar-refractivity contribution < 1.29 is 18.8 Å². The molecule has 5 nitrogen and oxygen atoms in total. The summed E-state index contributed by atoms with van der Waals surface area (Å²) in [5.74, 6) is -0.869. The number of aryl methyl sites for hydroxylation is 1. The quantitative estimate of drug-likeness (QED) is 0.530. The first-order valence-corrected chi connectivity index (χ1v) is 10.7. The molecule has 1 aliphatic rings. The van der Waals surface area contributed by atoms with Crippen molar-refractivity contribution in [3.8, 4) is 0 Å². The van der Waals surface area contributed by atoms with Gasteiger partial charge in [-0.15, -0.1) is 11.8 Å². The second kappa shape index (κ2) is 9.76.